The van der Waals surface area contributed by atoms with Gasteiger partial charge in [-0.1, -0.05) is 0 Å². The summed E-state index contributed by atoms with van der Waals surface area (Å²) in [6, 6.07) is 0. The summed E-state index contributed by atoms with van der Waals surface area (Å²) >= 11 is 0. The molecule has 0 aromatic carbocycles. The molecular formula is C6H12F6N3P. The minimum absolute atomic E-state index is 0. The van der Waals surface area contributed by atoms with Crippen LogP contribution in [0, 0.1) is 0 Å². The predicted octanol–water partition coefficient (Wildman–Crippen LogP) is 3.80. The Labute approximate surface area is 88.8 Å². The van der Waals surface area contributed by atoms with Gasteiger partial charge in [0.25, 0.3) is 0 Å². The van der Waals surface area contributed by atoms with Crippen molar-refractivity contribution in [2.24, 2.45) is 5.73 Å². The maximum Gasteiger partial charge on any atom is 1.00 e. The molecule has 1 rings (SSSR count). The molecule has 0 aliphatic rings. The summed E-state index contributed by atoms with van der Waals surface area (Å²) in [5.41, 5.74) is 5.30. The standard InChI is InChI=1S/C6H11N3.F6P/c7-3-1-2-6-8-4-5-9-6;1-7(2,3,4,5)6/h4-5H,1-3,7H2,(H,8,9);/q;-1/p+1. The first-order valence-corrected chi connectivity index (χ1v) is 6.16. The van der Waals surface area contributed by atoms with E-state index in [1.807, 2.05) is 6.20 Å². The Morgan fingerprint density at radius 3 is 2.06 bits per heavy atom. The first-order chi connectivity index (χ1) is 6.88. The van der Waals surface area contributed by atoms with Gasteiger partial charge in [-0.05, 0) is 13.0 Å². The monoisotopic (exact) mass is 271 g/mol. The molecule has 0 aliphatic heterocycles. The molecule has 0 fully saturated rings. The van der Waals surface area contributed by atoms with Crippen LogP contribution in [0.1, 0.15) is 13.7 Å². The fraction of sp³-hybridized carbons (Fsp3) is 0.500. The van der Waals surface area contributed by atoms with E-state index >= 15 is 0 Å². The molecule has 0 unspecified atom stereocenters. The van der Waals surface area contributed by atoms with Crippen molar-refractivity contribution in [3.05, 3.63) is 18.2 Å². The summed E-state index contributed by atoms with van der Waals surface area (Å²) in [5.74, 6) is 1.03. The third-order valence-corrected chi connectivity index (χ3v) is 1.17. The summed E-state index contributed by atoms with van der Waals surface area (Å²) in [4.78, 5) is 7.05. The fourth-order valence-electron chi connectivity index (χ4n) is 0.704. The summed E-state index contributed by atoms with van der Waals surface area (Å²) in [7, 11) is -10.7. The van der Waals surface area contributed by atoms with Crippen LogP contribution in [0.2, 0.25) is 0 Å². The zero-order valence-electron chi connectivity index (χ0n) is 9.02. The van der Waals surface area contributed by atoms with Gasteiger partial charge < -0.3 is 10.7 Å². The Balaban J connectivity index is 0. The molecular weight excluding hydrogens is 259 g/mol. The van der Waals surface area contributed by atoms with Gasteiger partial charge in [0, 0.05) is 18.8 Å². The number of H-pyrrole nitrogens is 1. The SMILES string of the molecule is F[P-](F)(F)(F)(F)F.NCCCc1ncc[nH]1.[H+]. The second-order valence-corrected chi connectivity index (χ2v) is 4.80. The van der Waals surface area contributed by atoms with Crippen LogP contribution in [0.15, 0.2) is 12.4 Å². The smallest absolute Gasteiger partial charge is 0.349 e. The van der Waals surface area contributed by atoms with Crippen LogP contribution in [0.4, 0.5) is 25.2 Å². The van der Waals surface area contributed by atoms with Gasteiger partial charge >= 0.3 is 34.4 Å². The molecule has 0 bridgehead atoms. The summed E-state index contributed by atoms with van der Waals surface area (Å²) in [6.07, 6.45) is 5.55. The third kappa shape index (κ3) is 18.9. The van der Waals surface area contributed by atoms with Gasteiger partial charge in [0.15, 0.2) is 0 Å². The average molecular weight is 271 g/mol. The van der Waals surface area contributed by atoms with Crippen LogP contribution in [-0.4, -0.2) is 16.5 Å². The van der Waals surface area contributed by atoms with Gasteiger partial charge in [0.1, 0.15) is 5.82 Å². The van der Waals surface area contributed by atoms with Crippen molar-refractivity contribution in [2.45, 2.75) is 12.8 Å². The first kappa shape index (κ1) is 15.2. The molecule has 0 aliphatic carbocycles. The molecule has 16 heavy (non-hydrogen) atoms. The van der Waals surface area contributed by atoms with Crippen LogP contribution in [0.5, 0.6) is 0 Å². The minimum Gasteiger partial charge on any atom is -0.349 e. The molecule has 1 heterocycles. The number of hydrogen-bond acceptors (Lipinski definition) is 2. The van der Waals surface area contributed by atoms with E-state index in [9.17, 15) is 25.2 Å². The second kappa shape index (κ2) is 4.21. The van der Waals surface area contributed by atoms with E-state index in [1.54, 1.807) is 6.20 Å². The fourth-order valence-corrected chi connectivity index (χ4v) is 0.704. The van der Waals surface area contributed by atoms with Crippen LogP contribution in [-0.2, 0) is 6.42 Å². The summed E-state index contributed by atoms with van der Waals surface area (Å²) < 4.78 is 59.2. The molecule has 0 radical (unpaired) electrons. The molecule has 0 amide bonds. The van der Waals surface area contributed by atoms with Crippen molar-refractivity contribution in [3.63, 3.8) is 0 Å². The van der Waals surface area contributed by atoms with E-state index in [4.69, 9.17) is 5.73 Å². The Hall–Kier alpha value is -0.820. The van der Waals surface area contributed by atoms with E-state index in [2.05, 4.69) is 9.97 Å². The minimum atomic E-state index is -10.7. The van der Waals surface area contributed by atoms with E-state index in [0.29, 0.717) is 0 Å². The molecule has 10 heteroatoms. The number of rotatable bonds is 3. The van der Waals surface area contributed by atoms with E-state index < -0.39 is 7.81 Å². The molecule has 0 spiro atoms. The maximum atomic E-state index is 9.87. The topological polar surface area (TPSA) is 54.7 Å². The van der Waals surface area contributed by atoms with E-state index in [0.717, 1.165) is 25.2 Å². The normalized spacial score (nSPS) is 15.7. The van der Waals surface area contributed by atoms with Gasteiger partial charge in [-0.3, -0.25) is 0 Å². The maximum absolute atomic E-state index is 10.7. The van der Waals surface area contributed by atoms with Gasteiger partial charge in [-0.15, -0.1) is 0 Å². The largest absolute Gasteiger partial charge is 1.00 e. The predicted molar refractivity (Wildman–Crippen MR) is 50.6 cm³/mol. The van der Waals surface area contributed by atoms with Crippen molar-refractivity contribution >= 4 is 7.81 Å². The van der Waals surface area contributed by atoms with E-state index in [-0.39, 0.29) is 1.43 Å². The number of halogens is 6. The van der Waals surface area contributed by atoms with Crippen molar-refractivity contribution in [1.82, 2.24) is 9.97 Å². The molecule has 1 aromatic heterocycles. The third-order valence-electron chi connectivity index (χ3n) is 1.17. The molecule has 1 aromatic rings. The number of nitrogens with zero attached hydrogens (tertiary/aromatic N) is 1. The zero-order chi connectivity index (χ0) is 12.9. The molecule has 0 atom stereocenters. The van der Waals surface area contributed by atoms with E-state index in [1.165, 1.54) is 0 Å². The summed E-state index contributed by atoms with van der Waals surface area (Å²) in [6.45, 7) is 0.737. The van der Waals surface area contributed by atoms with Gasteiger partial charge in [0.2, 0.25) is 0 Å². The van der Waals surface area contributed by atoms with Crippen LogP contribution in [0.25, 0.3) is 0 Å². The van der Waals surface area contributed by atoms with Gasteiger partial charge in [-0.25, -0.2) is 4.98 Å². The average Bonchev–Trinajstić information content (AvgIpc) is 2.46. The number of imidazole rings is 1. The number of aryl methyl sites for hydroxylation is 1. The first-order valence-electron chi connectivity index (χ1n) is 4.13. The molecule has 0 saturated carbocycles. The van der Waals surface area contributed by atoms with Crippen molar-refractivity contribution in [1.29, 1.82) is 0 Å². The Morgan fingerprint density at radius 1 is 1.25 bits per heavy atom. The number of aromatic amines is 1. The molecule has 0 saturated heterocycles. The number of aromatic nitrogens is 2. The zero-order valence-corrected chi connectivity index (χ0v) is 8.91. The Morgan fingerprint density at radius 2 is 1.75 bits per heavy atom. The Bertz CT molecular complexity index is 297. The van der Waals surface area contributed by atoms with Crippen molar-refractivity contribution in [2.75, 3.05) is 6.54 Å². The molecule has 3 nitrogen and oxygen atoms in total. The number of nitrogens with two attached hydrogens (primary N) is 1. The summed E-state index contributed by atoms with van der Waals surface area (Å²) in [5, 5.41) is 0. The van der Waals surface area contributed by atoms with Crippen molar-refractivity contribution in [3.8, 4) is 0 Å². The van der Waals surface area contributed by atoms with Crippen LogP contribution in [0.3, 0.4) is 0 Å². The number of nitrogens with one attached hydrogen (secondary N) is 1. The quantitative estimate of drug-likeness (QED) is 0.649. The van der Waals surface area contributed by atoms with Crippen LogP contribution < -0.4 is 5.73 Å². The van der Waals surface area contributed by atoms with Gasteiger partial charge in [0.05, 0.1) is 0 Å². The van der Waals surface area contributed by atoms with Crippen molar-refractivity contribution < 1.29 is 26.6 Å². The molecule has 3 N–H and O–H groups in total. The molecule has 98 valence electrons. The second-order valence-electron chi connectivity index (χ2n) is 2.89. The van der Waals surface area contributed by atoms with Crippen LogP contribution >= 0.6 is 7.81 Å². The number of hydrogen-bond donors (Lipinski definition) is 2. The van der Waals surface area contributed by atoms with Gasteiger partial charge in [-0.2, -0.15) is 0 Å². The Kier molecular flexibility index (Phi) is 4.00.